The fourth-order valence-electron chi connectivity index (χ4n) is 2.48. The standard InChI is InChI=1S/C21H18N2O2/c24-20(16-6-2-1-3-7-16)17-9-11-18(12-10-17)21(25)23-15-13-19-8-4-5-14-22-19/h1-12,14H,13,15H2,(H,23,25). The van der Waals surface area contributed by atoms with E-state index in [4.69, 9.17) is 0 Å². The number of hydrogen-bond donors (Lipinski definition) is 1. The summed E-state index contributed by atoms with van der Waals surface area (Å²) in [6, 6.07) is 21.5. The molecule has 0 aliphatic heterocycles. The third-order valence-electron chi connectivity index (χ3n) is 3.84. The second kappa shape index (κ2) is 8.02. The fraction of sp³-hybridized carbons (Fsp3) is 0.0952. The molecule has 3 rings (SSSR count). The first kappa shape index (κ1) is 16.6. The van der Waals surface area contributed by atoms with E-state index in [2.05, 4.69) is 10.3 Å². The minimum atomic E-state index is -0.158. The molecule has 1 heterocycles. The van der Waals surface area contributed by atoms with Gasteiger partial charge in [0.05, 0.1) is 0 Å². The van der Waals surface area contributed by atoms with Gasteiger partial charge in [0, 0.05) is 41.5 Å². The van der Waals surface area contributed by atoms with Gasteiger partial charge in [-0.3, -0.25) is 14.6 Å². The average molecular weight is 330 g/mol. The van der Waals surface area contributed by atoms with Crippen molar-refractivity contribution in [2.75, 3.05) is 6.54 Å². The zero-order valence-corrected chi connectivity index (χ0v) is 13.7. The average Bonchev–Trinajstić information content (AvgIpc) is 2.69. The van der Waals surface area contributed by atoms with Crippen LogP contribution in [0.15, 0.2) is 79.0 Å². The van der Waals surface area contributed by atoms with E-state index < -0.39 is 0 Å². The number of carbonyl (C=O) groups excluding carboxylic acids is 2. The Hall–Kier alpha value is -3.27. The van der Waals surface area contributed by atoms with Crippen LogP contribution in [0.4, 0.5) is 0 Å². The van der Waals surface area contributed by atoms with Gasteiger partial charge in [-0.2, -0.15) is 0 Å². The third kappa shape index (κ3) is 4.38. The van der Waals surface area contributed by atoms with Crippen LogP contribution in [0.3, 0.4) is 0 Å². The highest BCUT2D eigenvalue weighted by Crippen LogP contribution is 2.11. The molecule has 1 amide bonds. The zero-order valence-electron chi connectivity index (χ0n) is 13.7. The van der Waals surface area contributed by atoms with Crippen molar-refractivity contribution in [3.8, 4) is 0 Å². The van der Waals surface area contributed by atoms with Crippen LogP contribution in [0.1, 0.15) is 32.0 Å². The first-order valence-electron chi connectivity index (χ1n) is 8.12. The molecule has 4 nitrogen and oxygen atoms in total. The largest absolute Gasteiger partial charge is 0.352 e. The van der Waals surface area contributed by atoms with Gasteiger partial charge in [-0.05, 0) is 24.3 Å². The van der Waals surface area contributed by atoms with Crippen LogP contribution in [0.25, 0.3) is 0 Å². The van der Waals surface area contributed by atoms with Crippen LogP contribution in [-0.4, -0.2) is 23.2 Å². The number of pyridine rings is 1. The first-order chi connectivity index (χ1) is 12.2. The topological polar surface area (TPSA) is 59.1 Å². The van der Waals surface area contributed by atoms with E-state index in [1.54, 1.807) is 42.6 Å². The maximum absolute atomic E-state index is 12.3. The molecular formula is C21H18N2O2. The molecule has 2 aromatic carbocycles. The minimum absolute atomic E-state index is 0.0530. The molecule has 0 aliphatic rings. The summed E-state index contributed by atoms with van der Waals surface area (Å²) in [5.41, 5.74) is 2.67. The molecule has 4 heteroatoms. The summed E-state index contributed by atoms with van der Waals surface area (Å²) in [5, 5.41) is 2.86. The van der Waals surface area contributed by atoms with Gasteiger partial charge < -0.3 is 5.32 Å². The van der Waals surface area contributed by atoms with Crippen molar-refractivity contribution in [1.82, 2.24) is 10.3 Å². The highest BCUT2D eigenvalue weighted by molar-refractivity contribution is 6.09. The highest BCUT2D eigenvalue weighted by Gasteiger charge is 2.10. The molecule has 1 N–H and O–H groups in total. The van der Waals surface area contributed by atoms with Crippen molar-refractivity contribution in [3.05, 3.63) is 101 Å². The predicted molar refractivity (Wildman–Crippen MR) is 96.6 cm³/mol. The number of ketones is 1. The van der Waals surface area contributed by atoms with E-state index in [-0.39, 0.29) is 11.7 Å². The SMILES string of the molecule is O=C(NCCc1ccccn1)c1ccc(C(=O)c2ccccc2)cc1. The zero-order chi connectivity index (χ0) is 17.5. The van der Waals surface area contributed by atoms with E-state index in [0.29, 0.717) is 29.7 Å². The van der Waals surface area contributed by atoms with Crippen molar-refractivity contribution in [2.24, 2.45) is 0 Å². The molecule has 3 aromatic rings. The van der Waals surface area contributed by atoms with E-state index in [9.17, 15) is 9.59 Å². The molecule has 25 heavy (non-hydrogen) atoms. The van der Waals surface area contributed by atoms with E-state index >= 15 is 0 Å². The fourth-order valence-corrected chi connectivity index (χ4v) is 2.48. The number of amides is 1. The van der Waals surface area contributed by atoms with Crippen LogP contribution in [0, 0.1) is 0 Å². The maximum Gasteiger partial charge on any atom is 0.251 e. The maximum atomic E-state index is 12.3. The first-order valence-corrected chi connectivity index (χ1v) is 8.12. The Bertz CT molecular complexity index is 844. The summed E-state index contributed by atoms with van der Waals surface area (Å²) in [5.74, 6) is -0.211. The monoisotopic (exact) mass is 330 g/mol. The van der Waals surface area contributed by atoms with Crippen LogP contribution in [-0.2, 0) is 6.42 Å². The molecule has 0 spiro atoms. The van der Waals surface area contributed by atoms with Gasteiger partial charge in [0.15, 0.2) is 5.78 Å². The molecule has 0 unspecified atom stereocenters. The molecule has 0 aliphatic carbocycles. The number of nitrogens with one attached hydrogen (secondary N) is 1. The number of rotatable bonds is 6. The molecule has 0 bridgehead atoms. The molecule has 0 radical (unpaired) electrons. The third-order valence-corrected chi connectivity index (χ3v) is 3.84. The molecule has 0 fully saturated rings. The molecule has 0 atom stereocenters. The van der Waals surface area contributed by atoms with Gasteiger partial charge in [0.2, 0.25) is 0 Å². The lowest BCUT2D eigenvalue weighted by Gasteiger charge is -2.06. The van der Waals surface area contributed by atoms with Gasteiger partial charge in [0.1, 0.15) is 0 Å². The van der Waals surface area contributed by atoms with Gasteiger partial charge in [-0.1, -0.05) is 48.5 Å². The second-order valence-corrected chi connectivity index (χ2v) is 5.60. The summed E-state index contributed by atoms with van der Waals surface area (Å²) >= 11 is 0. The molecule has 0 saturated heterocycles. The highest BCUT2D eigenvalue weighted by atomic mass is 16.1. The smallest absolute Gasteiger partial charge is 0.251 e. The lowest BCUT2D eigenvalue weighted by Crippen LogP contribution is -2.25. The number of carbonyl (C=O) groups is 2. The van der Waals surface area contributed by atoms with Crippen molar-refractivity contribution in [1.29, 1.82) is 0 Å². The van der Waals surface area contributed by atoms with Gasteiger partial charge in [-0.25, -0.2) is 0 Å². The number of nitrogens with zero attached hydrogens (tertiary/aromatic N) is 1. The van der Waals surface area contributed by atoms with Crippen molar-refractivity contribution < 1.29 is 9.59 Å². The van der Waals surface area contributed by atoms with E-state index in [0.717, 1.165) is 5.69 Å². The normalized spacial score (nSPS) is 10.2. The van der Waals surface area contributed by atoms with Crippen molar-refractivity contribution in [3.63, 3.8) is 0 Å². The molecule has 124 valence electrons. The molecular weight excluding hydrogens is 312 g/mol. The Morgan fingerprint density at radius 3 is 2.08 bits per heavy atom. The Labute approximate surface area is 146 Å². The van der Waals surface area contributed by atoms with Crippen LogP contribution in [0.2, 0.25) is 0 Å². The summed E-state index contributed by atoms with van der Waals surface area (Å²) in [4.78, 5) is 28.7. The second-order valence-electron chi connectivity index (χ2n) is 5.60. The van der Waals surface area contributed by atoms with Gasteiger partial charge in [-0.15, -0.1) is 0 Å². The lowest BCUT2D eigenvalue weighted by molar-refractivity contribution is 0.0952. The van der Waals surface area contributed by atoms with E-state index in [1.165, 1.54) is 0 Å². The van der Waals surface area contributed by atoms with Crippen molar-refractivity contribution in [2.45, 2.75) is 6.42 Å². The predicted octanol–water partition coefficient (Wildman–Crippen LogP) is 3.29. The number of benzene rings is 2. The quantitative estimate of drug-likeness (QED) is 0.706. The Kier molecular flexibility index (Phi) is 5.32. The van der Waals surface area contributed by atoms with Crippen molar-refractivity contribution >= 4 is 11.7 Å². The lowest BCUT2D eigenvalue weighted by atomic mass is 10.0. The Morgan fingerprint density at radius 2 is 1.40 bits per heavy atom. The summed E-state index contributed by atoms with van der Waals surface area (Å²) in [6.45, 7) is 0.514. The number of aromatic nitrogens is 1. The number of hydrogen-bond acceptors (Lipinski definition) is 3. The molecule has 1 aromatic heterocycles. The molecule has 0 saturated carbocycles. The van der Waals surface area contributed by atoms with E-state index in [1.807, 2.05) is 36.4 Å². The summed E-state index contributed by atoms with van der Waals surface area (Å²) in [6.07, 6.45) is 2.41. The minimum Gasteiger partial charge on any atom is -0.352 e. The Morgan fingerprint density at radius 1 is 0.760 bits per heavy atom. The van der Waals surface area contributed by atoms with Crippen LogP contribution >= 0.6 is 0 Å². The Balaban J connectivity index is 1.58. The van der Waals surface area contributed by atoms with Crippen LogP contribution in [0.5, 0.6) is 0 Å². The van der Waals surface area contributed by atoms with Gasteiger partial charge in [0.25, 0.3) is 5.91 Å². The van der Waals surface area contributed by atoms with Gasteiger partial charge >= 0.3 is 0 Å². The van der Waals surface area contributed by atoms with Crippen LogP contribution < -0.4 is 5.32 Å². The summed E-state index contributed by atoms with van der Waals surface area (Å²) < 4.78 is 0. The summed E-state index contributed by atoms with van der Waals surface area (Å²) in [7, 11) is 0.